The lowest BCUT2D eigenvalue weighted by Gasteiger charge is -2.26. The maximum Gasteiger partial charge on any atom is 0.218 e. The number of halogens is 1. The maximum atomic E-state index is 12.0. The molecule has 2 bridgehead atoms. The number of Topliss-reactive ketones (excluding diaryl/α,β-unsaturated/α-hetero) is 1. The molecule has 1 aromatic carbocycles. The summed E-state index contributed by atoms with van der Waals surface area (Å²) < 4.78 is 15.0. The van der Waals surface area contributed by atoms with Crippen LogP contribution in [0.1, 0.15) is 12.5 Å². The largest absolute Gasteiger partial charge is 0.343 e. The van der Waals surface area contributed by atoms with Crippen LogP contribution in [0.2, 0.25) is 5.02 Å². The van der Waals surface area contributed by atoms with Crippen molar-refractivity contribution in [2.24, 2.45) is 7.05 Å². The molecule has 4 rings (SSSR count). The number of nitrogens with zero attached hydrogens (tertiary/aromatic N) is 3. The third-order valence-corrected chi connectivity index (χ3v) is 4.95. The van der Waals surface area contributed by atoms with E-state index in [9.17, 15) is 4.79 Å². The van der Waals surface area contributed by atoms with Gasteiger partial charge in [-0.05, 0) is 36.5 Å². The Morgan fingerprint density at radius 2 is 2.09 bits per heavy atom. The zero-order valence-corrected chi connectivity index (χ0v) is 13.9. The molecule has 0 spiro atoms. The van der Waals surface area contributed by atoms with Gasteiger partial charge in [-0.25, -0.2) is 4.68 Å². The molecule has 0 unspecified atom stereocenters. The standard InChI is InChI=1S/C15H14ClN3O3S/c1-18-13(8-2-4-9(16)5-3-8)17-19(15(18)23)10-6-11(20)14-21-7-12(10)22-14/h2-5,10,12,14H,6-7H2,1H3/t10-,12+,14-/m0/s1. The second-order valence-electron chi connectivity index (χ2n) is 5.69. The Hall–Kier alpha value is -1.54. The van der Waals surface area contributed by atoms with Crippen molar-refractivity contribution < 1.29 is 14.3 Å². The van der Waals surface area contributed by atoms with Crippen molar-refractivity contribution in [3.05, 3.63) is 34.1 Å². The van der Waals surface area contributed by atoms with Crippen molar-refractivity contribution in [2.75, 3.05) is 6.61 Å². The number of aromatic nitrogens is 3. The van der Waals surface area contributed by atoms with Gasteiger partial charge in [-0.1, -0.05) is 11.6 Å². The van der Waals surface area contributed by atoms with E-state index in [1.807, 2.05) is 35.9 Å². The first kappa shape index (κ1) is 15.0. The number of carbonyl (C=O) groups is 1. The first-order valence-electron chi connectivity index (χ1n) is 7.26. The number of benzene rings is 1. The average molecular weight is 352 g/mol. The molecule has 2 saturated heterocycles. The highest BCUT2D eigenvalue weighted by Gasteiger charge is 2.45. The summed E-state index contributed by atoms with van der Waals surface area (Å²) in [5.74, 6) is 0.657. The van der Waals surface area contributed by atoms with Crippen molar-refractivity contribution in [1.29, 1.82) is 0 Å². The molecular weight excluding hydrogens is 338 g/mol. The lowest BCUT2D eigenvalue weighted by Crippen LogP contribution is -2.37. The third kappa shape index (κ3) is 2.44. The normalized spacial score (nSPS) is 26.7. The Bertz CT molecular complexity index is 829. The van der Waals surface area contributed by atoms with Gasteiger partial charge in [0.25, 0.3) is 0 Å². The van der Waals surface area contributed by atoms with Crippen molar-refractivity contribution >= 4 is 29.6 Å². The predicted octanol–water partition coefficient (Wildman–Crippen LogP) is 2.53. The molecule has 3 atom stereocenters. The molecule has 8 heteroatoms. The third-order valence-electron chi connectivity index (χ3n) is 4.23. The molecule has 0 N–H and O–H groups in total. The molecule has 0 aliphatic carbocycles. The van der Waals surface area contributed by atoms with Gasteiger partial charge in [0.1, 0.15) is 6.10 Å². The van der Waals surface area contributed by atoms with Crippen LogP contribution in [0.4, 0.5) is 0 Å². The Morgan fingerprint density at radius 1 is 1.35 bits per heavy atom. The fourth-order valence-electron chi connectivity index (χ4n) is 2.99. The van der Waals surface area contributed by atoms with Gasteiger partial charge < -0.3 is 14.0 Å². The summed E-state index contributed by atoms with van der Waals surface area (Å²) in [6.07, 6.45) is -0.594. The van der Waals surface area contributed by atoms with Crippen molar-refractivity contribution in [3.63, 3.8) is 0 Å². The Kier molecular flexibility index (Phi) is 3.60. The van der Waals surface area contributed by atoms with Crippen LogP contribution in [0.25, 0.3) is 11.4 Å². The van der Waals surface area contributed by atoms with E-state index in [-0.39, 0.29) is 17.9 Å². The molecule has 2 aliphatic rings. The number of ether oxygens (including phenoxy) is 2. The topological polar surface area (TPSA) is 58.3 Å². The van der Waals surface area contributed by atoms with Gasteiger partial charge >= 0.3 is 0 Å². The van der Waals surface area contributed by atoms with Crippen LogP contribution >= 0.6 is 23.8 Å². The summed E-state index contributed by atoms with van der Waals surface area (Å²) >= 11 is 11.4. The fraction of sp³-hybridized carbons (Fsp3) is 0.400. The van der Waals surface area contributed by atoms with Crippen LogP contribution < -0.4 is 0 Å². The molecule has 6 nitrogen and oxygen atoms in total. The molecule has 3 heterocycles. The molecule has 1 aromatic heterocycles. The van der Waals surface area contributed by atoms with Crippen LogP contribution in [-0.2, 0) is 21.3 Å². The number of fused-ring (bicyclic) bond motifs is 2. The highest BCUT2D eigenvalue weighted by Crippen LogP contribution is 2.33. The van der Waals surface area contributed by atoms with Crippen LogP contribution in [0.5, 0.6) is 0 Å². The zero-order chi connectivity index (χ0) is 16.1. The average Bonchev–Trinajstić information content (AvgIpc) is 3.09. The molecule has 120 valence electrons. The van der Waals surface area contributed by atoms with Crippen LogP contribution in [0.15, 0.2) is 24.3 Å². The van der Waals surface area contributed by atoms with E-state index < -0.39 is 6.29 Å². The summed E-state index contributed by atoms with van der Waals surface area (Å²) in [6.45, 7) is 0.385. The number of ketones is 1. The maximum absolute atomic E-state index is 12.0. The lowest BCUT2D eigenvalue weighted by atomic mass is 10.0. The highest BCUT2D eigenvalue weighted by molar-refractivity contribution is 7.71. The molecule has 0 amide bonds. The quantitative estimate of drug-likeness (QED) is 0.778. The monoisotopic (exact) mass is 351 g/mol. The van der Waals surface area contributed by atoms with Crippen molar-refractivity contribution in [1.82, 2.24) is 14.3 Å². The first-order valence-corrected chi connectivity index (χ1v) is 8.04. The van der Waals surface area contributed by atoms with E-state index in [4.69, 9.17) is 33.3 Å². The zero-order valence-electron chi connectivity index (χ0n) is 12.3. The van der Waals surface area contributed by atoms with Crippen LogP contribution in [0, 0.1) is 4.77 Å². The van der Waals surface area contributed by atoms with Gasteiger partial charge in [-0.2, -0.15) is 5.10 Å². The van der Waals surface area contributed by atoms with Crippen molar-refractivity contribution in [3.8, 4) is 11.4 Å². The molecule has 23 heavy (non-hydrogen) atoms. The minimum absolute atomic E-state index is 0.0654. The predicted molar refractivity (Wildman–Crippen MR) is 85.8 cm³/mol. The summed E-state index contributed by atoms with van der Waals surface area (Å²) in [7, 11) is 1.86. The van der Waals surface area contributed by atoms with Gasteiger partial charge in [0.2, 0.25) is 6.29 Å². The molecule has 2 aliphatic heterocycles. The Morgan fingerprint density at radius 3 is 2.83 bits per heavy atom. The summed E-state index contributed by atoms with van der Waals surface area (Å²) in [4.78, 5) is 12.0. The van der Waals surface area contributed by atoms with E-state index in [2.05, 4.69) is 5.10 Å². The minimum Gasteiger partial charge on any atom is -0.343 e. The van der Waals surface area contributed by atoms with Gasteiger partial charge in [-0.3, -0.25) is 4.79 Å². The second kappa shape index (κ2) is 5.52. The summed E-state index contributed by atoms with van der Waals surface area (Å²) in [6, 6.07) is 7.16. The number of hydrogen-bond acceptors (Lipinski definition) is 5. The molecule has 0 radical (unpaired) electrons. The Labute approximate surface area is 142 Å². The highest BCUT2D eigenvalue weighted by atomic mass is 35.5. The molecule has 0 saturated carbocycles. The van der Waals surface area contributed by atoms with E-state index in [1.165, 1.54) is 0 Å². The van der Waals surface area contributed by atoms with Crippen LogP contribution in [-0.4, -0.2) is 39.1 Å². The number of hydrogen-bond donors (Lipinski definition) is 0. The second-order valence-corrected chi connectivity index (χ2v) is 6.50. The van der Waals surface area contributed by atoms with Crippen molar-refractivity contribution in [2.45, 2.75) is 24.9 Å². The minimum atomic E-state index is -0.718. The summed E-state index contributed by atoms with van der Waals surface area (Å²) in [5, 5.41) is 5.29. The molecule has 2 aromatic rings. The van der Waals surface area contributed by atoms with Gasteiger partial charge in [0.05, 0.1) is 12.6 Å². The van der Waals surface area contributed by atoms with E-state index >= 15 is 0 Å². The van der Waals surface area contributed by atoms with E-state index in [0.29, 0.717) is 22.8 Å². The lowest BCUT2D eigenvalue weighted by molar-refractivity contribution is -0.156. The van der Waals surface area contributed by atoms with E-state index in [1.54, 1.807) is 4.68 Å². The number of rotatable bonds is 2. The summed E-state index contributed by atoms with van der Waals surface area (Å²) in [5.41, 5.74) is 0.908. The SMILES string of the molecule is Cn1c(-c2ccc(Cl)cc2)nn([C@H]2CC(=O)[C@H]3OC[C@H]2O3)c1=S. The van der Waals surface area contributed by atoms with Gasteiger partial charge in [-0.15, -0.1) is 0 Å². The molecule has 2 fully saturated rings. The fourth-order valence-corrected chi connectivity index (χ4v) is 3.38. The van der Waals surface area contributed by atoms with Gasteiger partial charge in [0.15, 0.2) is 16.4 Å². The Balaban J connectivity index is 1.76. The van der Waals surface area contributed by atoms with E-state index in [0.717, 1.165) is 11.4 Å². The molecular formula is C15H14ClN3O3S. The first-order chi connectivity index (χ1) is 11.0. The smallest absolute Gasteiger partial charge is 0.218 e. The van der Waals surface area contributed by atoms with Crippen LogP contribution in [0.3, 0.4) is 0 Å². The number of carbonyl (C=O) groups excluding carboxylic acids is 1. The van der Waals surface area contributed by atoms with Gasteiger partial charge in [0, 0.05) is 24.1 Å².